The summed E-state index contributed by atoms with van der Waals surface area (Å²) in [6.07, 6.45) is 2.62. The summed E-state index contributed by atoms with van der Waals surface area (Å²) >= 11 is 0. The Balaban J connectivity index is 1.79. The minimum Gasteiger partial charge on any atom is -0.352 e. The van der Waals surface area contributed by atoms with Crippen molar-refractivity contribution in [3.8, 4) is 6.07 Å². The van der Waals surface area contributed by atoms with Gasteiger partial charge in [-0.2, -0.15) is 5.26 Å². The van der Waals surface area contributed by atoms with Crippen LogP contribution in [-0.4, -0.2) is 27.1 Å². The fourth-order valence-electron chi connectivity index (χ4n) is 2.28. The predicted octanol–water partition coefficient (Wildman–Crippen LogP) is 2.29. The predicted molar refractivity (Wildman–Crippen MR) is 96.7 cm³/mol. The van der Waals surface area contributed by atoms with Crippen LogP contribution in [0.2, 0.25) is 0 Å². The van der Waals surface area contributed by atoms with Gasteiger partial charge in [-0.3, -0.25) is 9.52 Å². The number of hydrogen-bond acceptors (Lipinski definition) is 4. The lowest BCUT2D eigenvalue weighted by Gasteiger charge is -2.07. The van der Waals surface area contributed by atoms with Crippen molar-refractivity contribution in [3.05, 3.63) is 65.2 Å². The molecule has 2 rings (SSSR count). The molecular formula is C18H19N3O3S. The van der Waals surface area contributed by atoms with Gasteiger partial charge in [0.05, 0.1) is 17.9 Å². The number of carbonyl (C=O) groups is 1. The van der Waals surface area contributed by atoms with Gasteiger partial charge in [-0.25, -0.2) is 8.42 Å². The van der Waals surface area contributed by atoms with Crippen LogP contribution in [-0.2, 0) is 16.4 Å². The van der Waals surface area contributed by atoms with Gasteiger partial charge in [0, 0.05) is 17.8 Å². The minimum atomic E-state index is -3.27. The number of anilines is 1. The molecule has 0 radical (unpaired) electrons. The zero-order chi connectivity index (χ0) is 18.3. The van der Waals surface area contributed by atoms with E-state index in [9.17, 15) is 13.2 Å². The van der Waals surface area contributed by atoms with Gasteiger partial charge < -0.3 is 5.32 Å². The Morgan fingerprint density at radius 2 is 1.88 bits per heavy atom. The van der Waals surface area contributed by atoms with Crippen LogP contribution < -0.4 is 10.0 Å². The van der Waals surface area contributed by atoms with Crippen molar-refractivity contribution in [3.63, 3.8) is 0 Å². The highest BCUT2D eigenvalue weighted by molar-refractivity contribution is 7.92. The summed E-state index contributed by atoms with van der Waals surface area (Å²) < 4.78 is 24.7. The van der Waals surface area contributed by atoms with E-state index >= 15 is 0 Å². The third-order valence-corrected chi connectivity index (χ3v) is 4.05. The SMILES string of the molecule is CS(=O)(=O)Nc1ccc(CCCNC(=O)c2cccc(C#N)c2)cc1. The number of amides is 1. The number of aryl methyl sites for hydroxylation is 1. The van der Waals surface area contributed by atoms with E-state index < -0.39 is 10.0 Å². The Hall–Kier alpha value is -2.85. The quantitative estimate of drug-likeness (QED) is 0.743. The Kier molecular flexibility index (Phi) is 6.14. The van der Waals surface area contributed by atoms with Crippen LogP contribution in [0.1, 0.15) is 27.9 Å². The van der Waals surface area contributed by atoms with Gasteiger partial charge >= 0.3 is 0 Å². The molecule has 0 aliphatic heterocycles. The maximum Gasteiger partial charge on any atom is 0.251 e. The molecule has 0 fully saturated rings. The average Bonchev–Trinajstić information content (AvgIpc) is 2.58. The summed E-state index contributed by atoms with van der Waals surface area (Å²) in [6.45, 7) is 0.513. The molecule has 0 aliphatic carbocycles. The molecule has 0 atom stereocenters. The Morgan fingerprint density at radius 3 is 2.52 bits per heavy atom. The Labute approximate surface area is 147 Å². The molecule has 6 nitrogen and oxygen atoms in total. The summed E-state index contributed by atoms with van der Waals surface area (Å²) in [4.78, 5) is 12.0. The maximum absolute atomic E-state index is 12.0. The van der Waals surface area contributed by atoms with E-state index in [0.717, 1.165) is 24.7 Å². The molecule has 0 bridgehead atoms. The molecule has 2 aromatic rings. The molecule has 0 unspecified atom stereocenters. The fourth-order valence-corrected chi connectivity index (χ4v) is 2.84. The number of carbonyl (C=O) groups excluding carboxylic acids is 1. The fraction of sp³-hybridized carbons (Fsp3) is 0.222. The van der Waals surface area contributed by atoms with E-state index in [1.807, 2.05) is 18.2 Å². The van der Waals surface area contributed by atoms with Gasteiger partial charge in [0.15, 0.2) is 0 Å². The van der Waals surface area contributed by atoms with Crippen LogP contribution in [0.15, 0.2) is 48.5 Å². The molecule has 0 heterocycles. The topological polar surface area (TPSA) is 99.1 Å². The first-order valence-corrected chi connectivity index (χ1v) is 9.61. The second-order valence-electron chi connectivity index (χ2n) is 5.62. The van der Waals surface area contributed by atoms with Crippen LogP contribution in [0, 0.1) is 11.3 Å². The lowest BCUT2D eigenvalue weighted by molar-refractivity contribution is 0.0953. The molecule has 1 amide bonds. The Bertz CT molecular complexity index is 885. The smallest absolute Gasteiger partial charge is 0.251 e. The summed E-state index contributed by atoms with van der Waals surface area (Å²) in [6, 6.07) is 15.7. The number of benzene rings is 2. The van der Waals surface area contributed by atoms with Crippen LogP contribution in [0.3, 0.4) is 0 Å². The van der Waals surface area contributed by atoms with Gasteiger partial charge in [-0.1, -0.05) is 18.2 Å². The Morgan fingerprint density at radius 1 is 1.16 bits per heavy atom. The molecule has 0 aromatic heterocycles. The van der Waals surface area contributed by atoms with Crippen LogP contribution in [0.5, 0.6) is 0 Å². The highest BCUT2D eigenvalue weighted by Gasteiger charge is 2.06. The highest BCUT2D eigenvalue weighted by atomic mass is 32.2. The lowest BCUT2D eigenvalue weighted by Crippen LogP contribution is -2.24. The number of nitrogens with one attached hydrogen (secondary N) is 2. The summed E-state index contributed by atoms with van der Waals surface area (Å²) in [5.74, 6) is -0.204. The van der Waals surface area contributed by atoms with Crippen LogP contribution >= 0.6 is 0 Å². The second-order valence-corrected chi connectivity index (χ2v) is 7.37. The molecule has 0 saturated carbocycles. The maximum atomic E-state index is 12.0. The second kappa shape index (κ2) is 8.31. The van der Waals surface area contributed by atoms with Gasteiger partial charge in [0.1, 0.15) is 0 Å². The molecule has 2 N–H and O–H groups in total. The summed E-state index contributed by atoms with van der Waals surface area (Å²) in [5, 5.41) is 11.7. The van der Waals surface area contributed by atoms with E-state index in [4.69, 9.17) is 5.26 Å². The molecule has 0 saturated heterocycles. The molecule has 7 heteroatoms. The third-order valence-electron chi connectivity index (χ3n) is 3.44. The van der Waals surface area contributed by atoms with Crippen molar-refractivity contribution in [2.45, 2.75) is 12.8 Å². The summed E-state index contributed by atoms with van der Waals surface area (Å²) in [5.41, 5.74) is 2.50. The monoisotopic (exact) mass is 357 g/mol. The number of hydrogen-bond donors (Lipinski definition) is 2. The minimum absolute atomic E-state index is 0.204. The van der Waals surface area contributed by atoms with E-state index in [1.165, 1.54) is 0 Å². The number of rotatable bonds is 7. The molecule has 130 valence electrons. The zero-order valence-corrected chi connectivity index (χ0v) is 14.6. The molecule has 0 spiro atoms. The van der Waals surface area contributed by atoms with E-state index in [2.05, 4.69) is 10.0 Å². The van der Waals surface area contributed by atoms with E-state index in [-0.39, 0.29) is 5.91 Å². The van der Waals surface area contributed by atoms with Crippen molar-refractivity contribution in [1.29, 1.82) is 5.26 Å². The van der Waals surface area contributed by atoms with Crippen molar-refractivity contribution in [2.24, 2.45) is 0 Å². The molecule has 0 aliphatic rings. The van der Waals surface area contributed by atoms with Crippen LogP contribution in [0.25, 0.3) is 0 Å². The first-order valence-electron chi connectivity index (χ1n) is 7.72. The van der Waals surface area contributed by atoms with Gasteiger partial charge in [0.2, 0.25) is 10.0 Å². The van der Waals surface area contributed by atoms with E-state index in [1.54, 1.807) is 36.4 Å². The first kappa shape index (κ1) is 18.5. The number of sulfonamides is 1. The van der Waals surface area contributed by atoms with Crippen molar-refractivity contribution < 1.29 is 13.2 Å². The van der Waals surface area contributed by atoms with Crippen LogP contribution in [0.4, 0.5) is 5.69 Å². The molecule has 2 aromatic carbocycles. The highest BCUT2D eigenvalue weighted by Crippen LogP contribution is 2.12. The lowest BCUT2D eigenvalue weighted by atomic mass is 10.1. The molecular weight excluding hydrogens is 338 g/mol. The standard InChI is InChI=1S/C18H19N3O3S/c1-25(23,24)21-17-9-7-14(8-10-17)5-3-11-20-18(22)16-6-2-4-15(12-16)13-19/h2,4,6-10,12,21H,3,5,11H2,1H3,(H,20,22). The summed E-state index contributed by atoms with van der Waals surface area (Å²) in [7, 11) is -3.27. The first-order chi connectivity index (χ1) is 11.9. The van der Waals surface area contributed by atoms with Gasteiger partial charge in [0.25, 0.3) is 5.91 Å². The van der Waals surface area contributed by atoms with Gasteiger partial charge in [-0.15, -0.1) is 0 Å². The number of nitriles is 1. The zero-order valence-electron chi connectivity index (χ0n) is 13.8. The average molecular weight is 357 g/mol. The molecule has 25 heavy (non-hydrogen) atoms. The van der Waals surface area contributed by atoms with Crippen molar-refractivity contribution >= 4 is 21.6 Å². The largest absolute Gasteiger partial charge is 0.352 e. The normalized spacial score (nSPS) is 10.7. The number of nitrogens with zero attached hydrogens (tertiary/aromatic N) is 1. The van der Waals surface area contributed by atoms with Crippen molar-refractivity contribution in [2.75, 3.05) is 17.5 Å². The third kappa shape index (κ3) is 6.28. The van der Waals surface area contributed by atoms with Gasteiger partial charge in [-0.05, 0) is 48.7 Å². The van der Waals surface area contributed by atoms with Crippen molar-refractivity contribution in [1.82, 2.24) is 5.32 Å². The van der Waals surface area contributed by atoms with E-state index in [0.29, 0.717) is 23.4 Å².